The fourth-order valence-electron chi connectivity index (χ4n) is 1.58. The van der Waals surface area contributed by atoms with Gasteiger partial charge >= 0.3 is 5.56 Å². The Morgan fingerprint density at radius 3 is 2.88 bits per heavy atom. The molecule has 0 saturated heterocycles. The summed E-state index contributed by atoms with van der Waals surface area (Å²) in [4.78, 5) is 29.7. The molecule has 0 aliphatic carbocycles. The van der Waals surface area contributed by atoms with Crippen LogP contribution in [0.25, 0.3) is 10.8 Å². The minimum Gasteiger partial charge on any atom is -0.398 e. The lowest BCUT2D eigenvalue weighted by Gasteiger charge is -2.08. The van der Waals surface area contributed by atoms with Gasteiger partial charge in [0.15, 0.2) is 0 Å². The molecule has 1 heterocycles. The summed E-state index contributed by atoms with van der Waals surface area (Å²) in [6.07, 6.45) is 0.740. The van der Waals surface area contributed by atoms with Crippen LogP contribution in [0.3, 0.4) is 0 Å². The highest BCUT2D eigenvalue weighted by molar-refractivity contribution is 5.91. The van der Waals surface area contributed by atoms with E-state index in [4.69, 9.17) is 10.6 Å². The first-order valence-corrected chi connectivity index (χ1v) is 5.32. The van der Waals surface area contributed by atoms with Crippen molar-refractivity contribution < 1.29 is 4.84 Å². The van der Waals surface area contributed by atoms with Crippen molar-refractivity contribution in [3.63, 3.8) is 0 Å². The molecule has 0 spiro atoms. The molecule has 17 heavy (non-hydrogen) atoms. The molecule has 0 bridgehead atoms. The zero-order valence-corrected chi connectivity index (χ0v) is 9.40. The van der Waals surface area contributed by atoms with Crippen LogP contribution in [-0.2, 0) is 0 Å². The van der Waals surface area contributed by atoms with Crippen molar-refractivity contribution in [2.75, 3.05) is 12.3 Å². The van der Waals surface area contributed by atoms with Gasteiger partial charge in [-0.15, -0.1) is 0 Å². The van der Waals surface area contributed by atoms with E-state index in [1.165, 1.54) is 0 Å². The second kappa shape index (κ2) is 4.32. The maximum absolute atomic E-state index is 12.0. The summed E-state index contributed by atoms with van der Waals surface area (Å²) < 4.78 is 0. The minimum absolute atomic E-state index is 0.203. The first-order valence-electron chi connectivity index (χ1n) is 5.32. The van der Waals surface area contributed by atoms with E-state index in [2.05, 4.69) is 5.10 Å². The Labute approximate surface area is 96.6 Å². The smallest absolute Gasteiger partial charge is 0.308 e. The number of hydrogen-bond acceptors (Lipinski definition) is 4. The summed E-state index contributed by atoms with van der Waals surface area (Å²) in [5.74, 6) is 0. The second-order valence-electron chi connectivity index (χ2n) is 3.64. The van der Waals surface area contributed by atoms with E-state index in [0.29, 0.717) is 6.61 Å². The number of nitrogens with two attached hydrogens (primary N) is 1. The molecule has 1 aromatic carbocycles. The van der Waals surface area contributed by atoms with E-state index in [9.17, 15) is 9.59 Å². The third-order valence-corrected chi connectivity index (χ3v) is 2.37. The zero-order valence-electron chi connectivity index (χ0n) is 9.40. The summed E-state index contributed by atoms with van der Waals surface area (Å²) >= 11 is 0. The summed E-state index contributed by atoms with van der Waals surface area (Å²) in [6.45, 7) is 2.26. The number of nitrogens with one attached hydrogen (secondary N) is 1. The van der Waals surface area contributed by atoms with Crippen molar-refractivity contribution in [2.45, 2.75) is 13.3 Å². The molecule has 0 fully saturated rings. The number of anilines is 1. The topological polar surface area (TPSA) is 90.1 Å². The number of nitrogens with zero attached hydrogens (tertiary/aromatic N) is 1. The lowest BCUT2D eigenvalue weighted by Crippen LogP contribution is -2.35. The number of benzene rings is 1. The largest absolute Gasteiger partial charge is 0.398 e. The number of aromatic nitrogens is 2. The van der Waals surface area contributed by atoms with Gasteiger partial charge in [0.05, 0.1) is 10.8 Å². The predicted octanol–water partition coefficient (Wildman–Crippen LogP) is 0.111. The van der Waals surface area contributed by atoms with Crippen molar-refractivity contribution in [3.8, 4) is 0 Å². The van der Waals surface area contributed by atoms with E-state index < -0.39 is 11.1 Å². The lowest BCUT2D eigenvalue weighted by atomic mass is 10.1. The molecule has 0 unspecified atom stereocenters. The molecule has 0 radical (unpaired) electrons. The van der Waals surface area contributed by atoms with Gasteiger partial charge in [-0.25, -0.2) is 5.10 Å². The molecule has 90 valence electrons. The fraction of sp³-hybridized carbons (Fsp3) is 0.273. The number of H-pyrrole nitrogens is 1. The molecule has 6 nitrogen and oxygen atoms in total. The predicted molar refractivity (Wildman–Crippen MR) is 65.0 cm³/mol. The van der Waals surface area contributed by atoms with Crippen LogP contribution in [0, 0.1) is 0 Å². The molecule has 2 aromatic rings. The van der Waals surface area contributed by atoms with E-state index in [1.807, 2.05) is 6.92 Å². The second-order valence-corrected chi connectivity index (χ2v) is 3.64. The lowest BCUT2D eigenvalue weighted by molar-refractivity contribution is 0.0721. The summed E-state index contributed by atoms with van der Waals surface area (Å²) in [6, 6.07) is 4.76. The van der Waals surface area contributed by atoms with Gasteiger partial charge in [-0.1, -0.05) is 17.8 Å². The van der Waals surface area contributed by atoms with Crippen LogP contribution in [0.4, 0.5) is 5.69 Å². The Balaban J connectivity index is 2.73. The van der Waals surface area contributed by atoms with Crippen LogP contribution in [0.2, 0.25) is 0 Å². The molecular weight excluding hydrogens is 222 g/mol. The van der Waals surface area contributed by atoms with Gasteiger partial charge in [-0.05, 0) is 18.6 Å². The number of aromatic amines is 1. The molecule has 0 atom stereocenters. The minimum atomic E-state index is -0.436. The van der Waals surface area contributed by atoms with Crippen molar-refractivity contribution in [3.05, 3.63) is 38.9 Å². The number of hydrogen-bond donors (Lipinski definition) is 2. The molecule has 0 saturated carbocycles. The van der Waals surface area contributed by atoms with Crippen LogP contribution in [0.5, 0.6) is 0 Å². The highest BCUT2D eigenvalue weighted by Gasteiger charge is 2.09. The number of rotatable bonds is 3. The molecule has 0 aliphatic rings. The monoisotopic (exact) mass is 235 g/mol. The summed E-state index contributed by atoms with van der Waals surface area (Å²) in [5.41, 5.74) is 5.10. The third kappa shape index (κ3) is 1.89. The molecule has 0 aliphatic heterocycles. The maximum atomic E-state index is 12.0. The van der Waals surface area contributed by atoms with Crippen molar-refractivity contribution >= 4 is 16.5 Å². The SMILES string of the molecule is CCCOn1[nH]c(=O)c2c(N)cccc2c1=O. The Bertz CT molecular complexity index is 657. The van der Waals surface area contributed by atoms with Crippen LogP contribution in [0.1, 0.15) is 13.3 Å². The van der Waals surface area contributed by atoms with Crippen LogP contribution in [0.15, 0.2) is 27.8 Å². The number of fused-ring (bicyclic) bond motifs is 1. The number of nitrogen functional groups attached to an aromatic ring is 1. The van der Waals surface area contributed by atoms with E-state index in [0.717, 1.165) is 11.3 Å². The van der Waals surface area contributed by atoms with Gasteiger partial charge in [0.25, 0.3) is 5.56 Å². The Morgan fingerprint density at radius 2 is 2.18 bits per heavy atom. The fourth-order valence-corrected chi connectivity index (χ4v) is 1.58. The van der Waals surface area contributed by atoms with Gasteiger partial charge in [0, 0.05) is 5.69 Å². The van der Waals surface area contributed by atoms with Crippen molar-refractivity contribution in [2.24, 2.45) is 0 Å². The Kier molecular flexibility index (Phi) is 2.86. The normalized spacial score (nSPS) is 10.6. The van der Waals surface area contributed by atoms with Gasteiger partial charge in [0.1, 0.15) is 6.61 Å². The standard InChI is InChI=1S/C11H13N3O3/c1-2-6-17-14-11(16)7-4-3-5-8(12)9(7)10(15)13-14/h3-5H,2,6,12H2,1H3,(H,13,15). The van der Waals surface area contributed by atoms with Crippen molar-refractivity contribution in [1.82, 2.24) is 9.94 Å². The van der Waals surface area contributed by atoms with E-state index >= 15 is 0 Å². The van der Waals surface area contributed by atoms with Gasteiger partial charge in [0.2, 0.25) is 0 Å². The maximum Gasteiger partial charge on any atom is 0.308 e. The van der Waals surface area contributed by atoms with Gasteiger partial charge in [-0.3, -0.25) is 9.59 Å². The van der Waals surface area contributed by atoms with Gasteiger partial charge < -0.3 is 10.6 Å². The molecule has 3 N–H and O–H groups in total. The van der Waals surface area contributed by atoms with E-state index in [-0.39, 0.29) is 16.5 Å². The quantitative estimate of drug-likeness (QED) is 0.739. The average molecular weight is 235 g/mol. The molecular formula is C11H13N3O3. The Hall–Kier alpha value is -2.24. The van der Waals surface area contributed by atoms with Crippen LogP contribution < -0.4 is 21.7 Å². The van der Waals surface area contributed by atoms with Gasteiger partial charge in [-0.2, -0.15) is 0 Å². The average Bonchev–Trinajstić information content (AvgIpc) is 2.31. The summed E-state index contributed by atoms with van der Waals surface area (Å²) in [5, 5.41) is 2.80. The first kappa shape index (κ1) is 11.3. The highest BCUT2D eigenvalue weighted by Crippen LogP contribution is 2.12. The third-order valence-electron chi connectivity index (χ3n) is 2.37. The van der Waals surface area contributed by atoms with Crippen LogP contribution >= 0.6 is 0 Å². The first-order chi connectivity index (χ1) is 8.15. The van der Waals surface area contributed by atoms with E-state index in [1.54, 1.807) is 18.2 Å². The molecule has 2 rings (SSSR count). The zero-order chi connectivity index (χ0) is 12.4. The summed E-state index contributed by atoms with van der Waals surface area (Å²) in [7, 11) is 0. The molecule has 1 aromatic heterocycles. The molecule has 6 heteroatoms. The Morgan fingerprint density at radius 1 is 1.41 bits per heavy atom. The van der Waals surface area contributed by atoms with Crippen molar-refractivity contribution in [1.29, 1.82) is 0 Å². The molecule has 0 amide bonds. The highest BCUT2D eigenvalue weighted by atomic mass is 16.7. The van der Waals surface area contributed by atoms with Crippen LogP contribution in [-0.4, -0.2) is 16.6 Å².